The van der Waals surface area contributed by atoms with Gasteiger partial charge >= 0.3 is 5.97 Å². The molecule has 0 heterocycles. The summed E-state index contributed by atoms with van der Waals surface area (Å²) in [5, 5.41) is 5.67. The molecule has 0 radical (unpaired) electrons. The van der Waals surface area contributed by atoms with E-state index in [2.05, 4.69) is 17.6 Å². The second kappa shape index (κ2) is 20.9. The first kappa shape index (κ1) is 40.0. The molecule has 55 heavy (non-hydrogen) atoms. The molecule has 0 unspecified atom stereocenters. The van der Waals surface area contributed by atoms with E-state index in [1.807, 2.05) is 54.6 Å². The normalized spacial score (nSPS) is 11.2. The molecule has 9 heteroatoms. The van der Waals surface area contributed by atoms with Crippen LogP contribution < -0.4 is 24.8 Å². The number of nitrogens with one attached hydrogen (secondary N) is 2. The smallest absolute Gasteiger partial charge is 0.343 e. The number of rotatable bonds is 20. The lowest BCUT2D eigenvalue weighted by molar-refractivity contribution is -0.119. The Balaban J connectivity index is 1.05. The Morgan fingerprint density at radius 1 is 0.600 bits per heavy atom. The summed E-state index contributed by atoms with van der Waals surface area (Å²) in [7, 11) is 0. The number of benzene rings is 5. The van der Waals surface area contributed by atoms with Crippen LogP contribution in [0.25, 0.3) is 0 Å². The number of hydrogen-bond acceptors (Lipinski definition) is 7. The maximum atomic E-state index is 13.1. The van der Waals surface area contributed by atoms with Crippen LogP contribution in [0.5, 0.6) is 17.2 Å². The molecule has 5 aromatic carbocycles. The van der Waals surface area contributed by atoms with Crippen molar-refractivity contribution in [2.75, 3.05) is 11.9 Å². The Kier molecular flexibility index (Phi) is 15.2. The number of ketones is 1. The second-order valence-corrected chi connectivity index (χ2v) is 13.4. The van der Waals surface area contributed by atoms with Gasteiger partial charge in [0.05, 0.1) is 24.6 Å². The largest absolute Gasteiger partial charge is 0.494 e. The van der Waals surface area contributed by atoms with E-state index >= 15 is 0 Å². The van der Waals surface area contributed by atoms with Gasteiger partial charge in [-0.1, -0.05) is 87.2 Å². The quantitative estimate of drug-likeness (QED) is 0.0465. The Morgan fingerprint density at radius 3 is 1.87 bits per heavy atom. The highest BCUT2D eigenvalue weighted by molar-refractivity contribution is 5.98. The predicted molar refractivity (Wildman–Crippen MR) is 214 cm³/mol. The average Bonchev–Trinajstić information content (AvgIpc) is 3.20. The van der Waals surface area contributed by atoms with Gasteiger partial charge in [-0.15, -0.1) is 0 Å². The van der Waals surface area contributed by atoms with Gasteiger partial charge in [-0.25, -0.2) is 4.79 Å². The van der Waals surface area contributed by atoms with Crippen molar-refractivity contribution in [3.63, 3.8) is 0 Å². The fourth-order valence-corrected chi connectivity index (χ4v) is 5.76. The molecule has 0 saturated heterocycles. The van der Waals surface area contributed by atoms with Crippen LogP contribution in [0.4, 0.5) is 5.69 Å². The minimum atomic E-state index is -0.771. The zero-order chi connectivity index (χ0) is 38.8. The van der Waals surface area contributed by atoms with Crippen molar-refractivity contribution >= 4 is 29.3 Å². The molecule has 0 fully saturated rings. The average molecular weight is 741 g/mol. The van der Waals surface area contributed by atoms with Gasteiger partial charge in [-0.2, -0.15) is 0 Å². The van der Waals surface area contributed by atoms with E-state index in [0.717, 1.165) is 35.3 Å². The number of ether oxygens (including phenoxy) is 3. The molecule has 5 aromatic rings. The molecule has 2 amide bonds. The first-order chi connectivity index (χ1) is 26.7. The van der Waals surface area contributed by atoms with Crippen LogP contribution in [0.3, 0.4) is 0 Å². The first-order valence-corrected chi connectivity index (χ1v) is 18.8. The number of unbranched alkanes of at least 4 members (excludes halogenated alkanes) is 4. The molecular weight excluding hydrogens is 693 g/mol. The molecule has 284 valence electrons. The van der Waals surface area contributed by atoms with Crippen LogP contribution in [0, 0.1) is 0 Å². The Morgan fingerprint density at radius 2 is 1.20 bits per heavy atom. The third kappa shape index (κ3) is 13.3. The molecule has 2 N–H and O–H groups in total. The highest BCUT2D eigenvalue weighted by Gasteiger charge is 2.19. The van der Waals surface area contributed by atoms with E-state index in [0.29, 0.717) is 41.5 Å². The number of carbonyl (C=O) groups excluding carboxylic acids is 4. The van der Waals surface area contributed by atoms with Crippen molar-refractivity contribution in [2.24, 2.45) is 0 Å². The van der Waals surface area contributed by atoms with Crippen molar-refractivity contribution < 1.29 is 33.4 Å². The molecule has 5 rings (SSSR count). The highest BCUT2D eigenvalue weighted by atomic mass is 16.5. The van der Waals surface area contributed by atoms with E-state index in [-0.39, 0.29) is 24.5 Å². The van der Waals surface area contributed by atoms with Gasteiger partial charge in [0.25, 0.3) is 5.91 Å². The van der Waals surface area contributed by atoms with Crippen molar-refractivity contribution in [1.82, 2.24) is 5.32 Å². The molecule has 0 bridgehead atoms. The molecular formula is C46H48N2O7. The summed E-state index contributed by atoms with van der Waals surface area (Å²) in [5.74, 6) is 0.485. The summed E-state index contributed by atoms with van der Waals surface area (Å²) in [6.07, 6.45) is 6.23. The standard InChI is InChI=1S/C46H48N2O7/c1-3-4-5-6-10-29-53-40-27-19-38(20-28-40)46(52)55-42-25-15-34(16-26-42)30-43(33(2)49)48-45(51)37-17-21-39(22-18-37)47-44(50)31-35-13-23-41(24-14-35)54-32-36-11-8-7-9-12-36/h7-9,11-28,43H,3-6,10,29-32H2,1-2H3,(H,47,50)(H,48,51)/t43-/m0/s1. The van der Waals surface area contributed by atoms with Crippen molar-refractivity contribution in [2.45, 2.75) is 71.4 Å². The maximum absolute atomic E-state index is 13.1. The number of carbonyl (C=O) groups is 4. The lowest BCUT2D eigenvalue weighted by atomic mass is 10.0. The summed E-state index contributed by atoms with van der Waals surface area (Å²) < 4.78 is 17.1. The zero-order valence-electron chi connectivity index (χ0n) is 31.4. The molecule has 0 aromatic heterocycles. The SMILES string of the molecule is CCCCCCCOc1ccc(C(=O)Oc2ccc(C[C@H](NC(=O)c3ccc(NC(=O)Cc4ccc(OCc5ccccc5)cc4)cc3)C(C)=O)cc2)cc1. The summed E-state index contributed by atoms with van der Waals surface area (Å²) in [5.41, 5.74) is 3.98. The molecule has 0 aliphatic heterocycles. The van der Waals surface area contributed by atoms with Gasteiger partial charge in [-0.3, -0.25) is 14.4 Å². The number of amides is 2. The number of Topliss-reactive ketones (excluding diaryl/α,β-unsaturated/α-hetero) is 1. The van der Waals surface area contributed by atoms with Gasteiger partial charge in [0, 0.05) is 11.3 Å². The fourth-order valence-electron chi connectivity index (χ4n) is 5.76. The third-order valence-electron chi connectivity index (χ3n) is 8.94. The molecule has 0 aliphatic rings. The topological polar surface area (TPSA) is 120 Å². The Bertz CT molecular complexity index is 1980. The minimum absolute atomic E-state index is 0.175. The maximum Gasteiger partial charge on any atom is 0.343 e. The van der Waals surface area contributed by atoms with Gasteiger partial charge in [0.15, 0.2) is 5.78 Å². The zero-order valence-corrected chi connectivity index (χ0v) is 31.4. The van der Waals surface area contributed by atoms with Crippen LogP contribution in [0.1, 0.15) is 83.4 Å². The van der Waals surface area contributed by atoms with E-state index < -0.39 is 17.9 Å². The van der Waals surface area contributed by atoms with Gasteiger partial charge in [0.1, 0.15) is 23.9 Å². The van der Waals surface area contributed by atoms with Crippen LogP contribution in [0.15, 0.2) is 127 Å². The third-order valence-corrected chi connectivity index (χ3v) is 8.94. The van der Waals surface area contributed by atoms with Crippen molar-refractivity contribution in [3.05, 3.63) is 155 Å². The van der Waals surface area contributed by atoms with E-state index in [4.69, 9.17) is 14.2 Å². The molecule has 1 atom stereocenters. The Labute approximate surface area is 323 Å². The number of anilines is 1. The fraction of sp³-hybridized carbons (Fsp3) is 0.261. The summed E-state index contributed by atoms with van der Waals surface area (Å²) >= 11 is 0. The van der Waals surface area contributed by atoms with E-state index in [9.17, 15) is 19.2 Å². The van der Waals surface area contributed by atoms with Crippen LogP contribution in [-0.2, 0) is 29.0 Å². The first-order valence-electron chi connectivity index (χ1n) is 18.8. The molecule has 0 spiro atoms. The molecule has 0 aliphatic carbocycles. The van der Waals surface area contributed by atoms with Gasteiger partial charge < -0.3 is 24.8 Å². The molecule has 0 saturated carbocycles. The molecule has 9 nitrogen and oxygen atoms in total. The lowest BCUT2D eigenvalue weighted by Crippen LogP contribution is -2.41. The second-order valence-electron chi connectivity index (χ2n) is 13.4. The van der Waals surface area contributed by atoms with E-state index in [1.54, 1.807) is 72.8 Å². The van der Waals surface area contributed by atoms with E-state index in [1.165, 1.54) is 26.2 Å². The van der Waals surface area contributed by atoms with Crippen LogP contribution in [0.2, 0.25) is 0 Å². The number of esters is 1. The number of hydrogen-bond donors (Lipinski definition) is 2. The Hall–Kier alpha value is -6.22. The summed E-state index contributed by atoms with van der Waals surface area (Å²) in [6, 6.07) is 36.7. The highest BCUT2D eigenvalue weighted by Crippen LogP contribution is 2.19. The summed E-state index contributed by atoms with van der Waals surface area (Å²) in [4.78, 5) is 51.0. The lowest BCUT2D eigenvalue weighted by Gasteiger charge is -2.17. The van der Waals surface area contributed by atoms with Crippen LogP contribution in [-0.4, -0.2) is 36.2 Å². The summed E-state index contributed by atoms with van der Waals surface area (Å²) in [6.45, 7) is 4.72. The van der Waals surface area contributed by atoms with Gasteiger partial charge in [-0.05, 0) is 109 Å². The van der Waals surface area contributed by atoms with Crippen molar-refractivity contribution in [1.29, 1.82) is 0 Å². The van der Waals surface area contributed by atoms with Gasteiger partial charge in [0.2, 0.25) is 5.91 Å². The monoisotopic (exact) mass is 740 g/mol. The van der Waals surface area contributed by atoms with Crippen LogP contribution >= 0.6 is 0 Å². The minimum Gasteiger partial charge on any atom is -0.494 e. The predicted octanol–water partition coefficient (Wildman–Crippen LogP) is 8.95. The van der Waals surface area contributed by atoms with Crippen molar-refractivity contribution in [3.8, 4) is 17.2 Å².